The predicted molar refractivity (Wildman–Crippen MR) is 79.7 cm³/mol. The molecule has 1 nitrogen and oxygen atoms in total. The highest BCUT2D eigenvalue weighted by molar-refractivity contribution is 9.11. The van der Waals surface area contributed by atoms with Crippen molar-refractivity contribution < 1.29 is 0 Å². The fraction of sp³-hybridized carbons (Fsp3) is 0.571. The second-order valence-electron chi connectivity index (χ2n) is 4.66. The monoisotopic (exact) mass is 313 g/mol. The van der Waals surface area contributed by atoms with Crippen molar-refractivity contribution in [2.45, 2.75) is 45.6 Å². The van der Waals surface area contributed by atoms with Crippen molar-refractivity contribution in [3.63, 3.8) is 0 Å². The summed E-state index contributed by atoms with van der Waals surface area (Å²) >= 11 is 5.51. The highest BCUT2D eigenvalue weighted by Crippen LogP contribution is 2.37. The van der Waals surface area contributed by atoms with Crippen molar-refractivity contribution in [2.75, 3.05) is 6.54 Å². The lowest BCUT2D eigenvalue weighted by molar-refractivity contribution is 0.585. The Labute approximate surface area is 116 Å². The summed E-state index contributed by atoms with van der Waals surface area (Å²) in [7, 11) is 0. The molecule has 1 atom stereocenters. The van der Waals surface area contributed by atoms with Gasteiger partial charge < -0.3 is 5.32 Å². The van der Waals surface area contributed by atoms with Crippen LogP contribution in [0.4, 0.5) is 0 Å². The van der Waals surface area contributed by atoms with E-state index in [9.17, 15) is 0 Å². The number of allylic oxidation sites excluding steroid dienone is 1. The Hall–Kier alpha value is -0.120. The smallest absolute Gasteiger partial charge is 0.0731 e. The SMILES string of the molecule is CCCNC(C1=CCCC1)c1cc(C)c(Br)s1. The van der Waals surface area contributed by atoms with Crippen molar-refractivity contribution in [2.24, 2.45) is 0 Å². The van der Waals surface area contributed by atoms with Crippen LogP contribution in [0, 0.1) is 6.92 Å². The number of halogens is 1. The molecule has 1 aromatic heterocycles. The zero-order valence-electron chi connectivity index (χ0n) is 10.6. The molecule has 1 heterocycles. The topological polar surface area (TPSA) is 12.0 Å². The van der Waals surface area contributed by atoms with E-state index in [0.717, 1.165) is 6.54 Å². The maximum absolute atomic E-state index is 3.69. The molecule has 17 heavy (non-hydrogen) atoms. The van der Waals surface area contributed by atoms with E-state index in [0.29, 0.717) is 6.04 Å². The van der Waals surface area contributed by atoms with Crippen LogP contribution >= 0.6 is 27.3 Å². The van der Waals surface area contributed by atoms with Crippen LogP contribution in [-0.4, -0.2) is 6.54 Å². The molecule has 0 fully saturated rings. The molecule has 0 aliphatic heterocycles. The Morgan fingerprint density at radius 2 is 2.35 bits per heavy atom. The maximum atomic E-state index is 3.69. The standard InChI is InChI=1S/C14H20BrNS/c1-3-8-16-13(11-6-4-5-7-11)12-9-10(2)14(15)17-12/h6,9,13,16H,3-5,7-8H2,1-2H3. The average Bonchev–Trinajstić information content (AvgIpc) is 2.92. The summed E-state index contributed by atoms with van der Waals surface area (Å²) in [5.41, 5.74) is 2.94. The van der Waals surface area contributed by atoms with Crippen molar-refractivity contribution in [1.82, 2.24) is 5.32 Å². The van der Waals surface area contributed by atoms with Crippen molar-refractivity contribution in [3.8, 4) is 0 Å². The van der Waals surface area contributed by atoms with Gasteiger partial charge in [0.15, 0.2) is 0 Å². The zero-order valence-corrected chi connectivity index (χ0v) is 13.0. The number of aryl methyl sites for hydroxylation is 1. The highest BCUT2D eigenvalue weighted by Gasteiger charge is 2.20. The number of hydrogen-bond acceptors (Lipinski definition) is 2. The minimum atomic E-state index is 0.451. The lowest BCUT2D eigenvalue weighted by atomic mass is 10.0. The van der Waals surface area contributed by atoms with Crippen LogP contribution in [-0.2, 0) is 0 Å². The molecule has 2 rings (SSSR count). The van der Waals surface area contributed by atoms with E-state index in [1.54, 1.807) is 5.57 Å². The van der Waals surface area contributed by atoms with Gasteiger partial charge in [-0.25, -0.2) is 0 Å². The van der Waals surface area contributed by atoms with E-state index in [4.69, 9.17) is 0 Å². The van der Waals surface area contributed by atoms with Crippen molar-refractivity contribution >= 4 is 27.3 Å². The Kier molecular flexibility index (Phi) is 4.83. The quantitative estimate of drug-likeness (QED) is 0.757. The molecule has 94 valence electrons. The fourth-order valence-corrected chi connectivity index (χ4v) is 3.98. The first kappa shape index (κ1) is 13.3. The zero-order chi connectivity index (χ0) is 12.3. The van der Waals surface area contributed by atoms with Crippen LogP contribution in [0.5, 0.6) is 0 Å². The molecule has 0 aromatic carbocycles. The van der Waals surface area contributed by atoms with Gasteiger partial charge in [0.25, 0.3) is 0 Å². The van der Waals surface area contributed by atoms with Crippen LogP contribution in [0.1, 0.15) is 49.1 Å². The first-order chi connectivity index (χ1) is 8.22. The van der Waals surface area contributed by atoms with E-state index in [1.165, 1.54) is 39.9 Å². The number of nitrogens with one attached hydrogen (secondary N) is 1. The third-order valence-corrected chi connectivity index (χ3v) is 5.41. The number of thiophene rings is 1. The van der Waals surface area contributed by atoms with Gasteiger partial charge in [-0.2, -0.15) is 0 Å². The molecule has 0 spiro atoms. The Morgan fingerprint density at radius 3 is 2.88 bits per heavy atom. The molecule has 1 aliphatic carbocycles. The molecule has 0 amide bonds. The fourth-order valence-electron chi connectivity index (χ4n) is 2.29. The first-order valence-electron chi connectivity index (χ1n) is 6.40. The Bertz CT molecular complexity index is 389. The third-order valence-electron chi connectivity index (χ3n) is 3.21. The summed E-state index contributed by atoms with van der Waals surface area (Å²) < 4.78 is 1.27. The number of rotatable bonds is 5. The van der Waals surface area contributed by atoms with E-state index < -0.39 is 0 Å². The van der Waals surface area contributed by atoms with Crippen LogP contribution in [0.25, 0.3) is 0 Å². The van der Waals surface area contributed by atoms with Crippen LogP contribution < -0.4 is 5.32 Å². The summed E-state index contributed by atoms with van der Waals surface area (Å²) in [5.74, 6) is 0. The second-order valence-corrected chi connectivity index (χ2v) is 7.07. The minimum absolute atomic E-state index is 0.451. The predicted octanol–water partition coefficient (Wildman–Crippen LogP) is 4.97. The van der Waals surface area contributed by atoms with Gasteiger partial charge in [-0.3, -0.25) is 0 Å². The molecule has 3 heteroatoms. The van der Waals surface area contributed by atoms with Crippen molar-refractivity contribution in [3.05, 3.63) is 31.9 Å². The largest absolute Gasteiger partial charge is 0.306 e. The molecule has 1 N–H and O–H groups in total. The second kappa shape index (κ2) is 6.17. The van der Waals surface area contributed by atoms with Crippen molar-refractivity contribution in [1.29, 1.82) is 0 Å². The summed E-state index contributed by atoms with van der Waals surface area (Å²) in [6, 6.07) is 2.77. The van der Waals surface area contributed by atoms with Gasteiger partial charge >= 0.3 is 0 Å². The van der Waals surface area contributed by atoms with Gasteiger partial charge in [-0.05, 0) is 66.7 Å². The molecule has 1 aromatic rings. The van der Waals surface area contributed by atoms with E-state index in [2.05, 4.69) is 47.2 Å². The van der Waals surface area contributed by atoms with Gasteiger partial charge in [0.1, 0.15) is 0 Å². The Balaban J connectivity index is 2.19. The lowest BCUT2D eigenvalue weighted by Gasteiger charge is -2.18. The van der Waals surface area contributed by atoms with E-state index in [1.807, 2.05) is 11.3 Å². The average molecular weight is 314 g/mol. The molecular formula is C14H20BrNS. The van der Waals surface area contributed by atoms with Crippen LogP contribution in [0.3, 0.4) is 0 Å². The molecule has 1 unspecified atom stereocenters. The summed E-state index contributed by atoms with van der Waals surface area (Å²) in [5, 5.41) is 3.69. The molecule has 1 aliphatic rings. The maximum Gasteiger partial charge on any atom is 0.0731 e. The van der Waals surface area contributed by atoms with Gasteiger partial charge in [-0.1, -0.05) is 18.6 Å². The molecule has 0 bridgehead atoms. The normalized spacial score (nSPS) is 17.2. The summed E-state index contributed by atoms with van der Waals surface area (Å²) in [6.45, 7) is 5.49. The molecule has 0 saturated heterocycles. The van der Waals surface area contributed by atoms with E-state index >= 15 is 0 Å². The van der Waals surface area contributed by atoms with Gasteiger partial charge in [-0.15, -0.1) is 11.3 Å². The number of hydrogen-bond donors (Lipinski definition) is 1. The van der Waals surface area contributed by atoms with E-state index in [-0.39, 0.29) is 0 Å². The van der Waals surface area contributed by atoms with Crippen LogP contribution in [0.15, 0.2) is 21.5 Å². The molecule has 0 radical (unpaired) electrons. The van der Waals surface area contributed by atoms with Gasteiger partial charge in [0, 0.05) is 4.88 Å². The Morgan fingerprint density at radius 1 is 1.53 bits per heavy atom. The lowest BCUT2D eigenvalue weighted by Crippen LogP contribution is -2.22. The van der Waals surface area contributed by atoms with Crippen LogP contribution in [0.2, 0.25) is 0 Å². The third kappa shape index (κ3) is 3.21. The first-order valence-corrected chi connectivity index (χ1v) is 8.01. The molecular weight excluding hydrogens is 294 g/mol. The van der Waals surface area contributed by atoms with Gasteiger partial charge in [0.05, 0.1) is 9.83 Å². The summed E-state index contributed by atoms with van der Waals surface area (Å²) in [4.78, 5) is 1.45. The molecule has 0 saturated carbocycles. The van der Waals surface area contributed by atoms with Gasteiger partial charge in [0.2, 0.25) is 0 Å². The minimum Gasteiger partial charge on any atom is -0.306 e. The highest BCUT2D eigenvalue weighted by atomic mass is 79.9. The summed E-state index contributed by atoms with van der Waals surface area (Å²) in [6.07, 6.45) is 7.46.